The van der Waals surface area contributed by atoms with Gasteiger partial charge in [0.1, 0.15) is 11.2 Å². The van der Waals surface area contributed by atoms with Gasteiger partial charge in [-0.3, -0.25) is 4.98 Å². The van der Waals surface area contributed by atoms with Crippen LogP contribution < -0.4 is 0 Å². The smallest absolute Gasteiger partial charge is 0.166 e. The van der Waals surface area contributed by atoms with Crippen molar-refractivity contribution in [3.63, 3.8) is 0 Å². The van der Waals surface area contributed by atoms with E-state index >= 15 is 0 Å². The van der Waals surface area contributed by atoms with Gasteiger partial charge in [-0.2, -0.15) is 0 Å². The Kier molecular flexibility index (Phi) is 9.39. The number of hydrogen-bond acceptors (Lipinski definition) is 5. The fraction of sp³-hybridized carbons (Fsp3) is 0. The van der Waals surface area contributed by atoms with Crippen LogP contribution in [-0.4, -0.2) is 24.5 Å². The lowest BCUT2D eigenvalue weighted by Crippen LogP contribution is -2.02. The molecular formula is C62H39N5O. The highest BCUT2D eigenvalue weighted by Crippen LogP contribution is 2.44. The second kappa shape index (κ2) is 16.3. The molecule has 0 fully saturated rings. The van der Waals surface area contributed by atoms with Crippen molar-refractivity contribution in [1.82, 2.24) is 24.5 Å². The number of pyridine rings is 1. The second-order valence-corrected chi connectivity index (χ2v) is 17.0. The first-order chi connectivity index (χ1) is 33.7. The molecule has 0 bridgehead atoms. The SMILES string of the molecule is c1ccc(-c2nc(-c3ccccc3)nc(-c3cc(-c4ccc(-c5ccccc5)c(-c5ccccc5)c4)cnc3-c3cccc4c3oc3cc5c(cc34)c3ccccc3n5-c3ccccc3)n2)cc1. The number of para-hydroxylation sites is 3. The number of hydrogen-bond donors (Lipinski definition) is 0. The first-order valence-electron chi connectivity index (χ1n) is 22.8. The summed E-state index contributed by atoms with van der Waals surface area (Å²) in [5.41, 5.74) is 15.5. The maximum Gasteiger partial charge on any atom is 0.166 e. The molecule has 6 heteroatoms. The third-order valence-electron chi connectivity index (χ3n) is 12.9. The van der Waals surface area contributed by atoms with Gasteiger partial charge in [0.15, 0.2) is 17.5 Å². The Morgan fingerprint density at radius 2 is 0.882 bits per heavy atom. The molecule has 4 aromatic heterocycles. The molecule has 13 rings (SSSR count). The molecule has 0 saturated carbocycles. The third-order valence-corrected chi connectivity index (χ3v) is 12.9. The minimum absolute atomic E-state index is 0.508. The van der Waals surface area contributed by atoms with Gasteiger partial charge >= 0.3 is 0 Å². The van der Waals surface area contributed by atoms with Gasteiger partial charge in [0.2, 0.25) is 0 Å². The largest absolute Gasteiger partial charge is 0.455 e. The first-order valence-corrected chi connectivity index (χ1v) is 22.8. The van der Waals surface area contributed by atoms with E-state index in [1.807, 2.05) is 66.9 Å². The normalized spacial score (nSPS) is 11.5. The molecule has 0 amide bonds. The van der Waals surface area contributed by atoms with Crippen LogP contribution in [0.4, 0.5) is 0 Å². The van der Waals surface area contributed by atoms with Crippen molar-refractivity contribution in [3.8, 4) is 84.5 Å². The zero-order valence-corrected chi connectivity index (χ0v) is 36.7. The lowest BCUT2D eigenvalue weighted by atomic mass is 9.91. The second-order valence-electron chi connectivity index (χ2n) is 17.0. The number of furan rings is 1. The van der Waals surface area contributed by atoms with E-state index in [1.165, 1.54) is 5.39 Å². The fourth-order valence-corrected chi connectivity index (χ4v) is 9.69. The number of fused-ring (bicyclic) bond motifs is 6. The monoisotopic (exact) mass is 869 g/mol. The van der Waals surface area contributed by atoms with Gasteiger partial charge in [-0.05, 0) is 70.3 Å². The molecule has 0 unspecified atom stereocenters. The Hall–Kier alpha value is -9.26. The molecule has 6 nitrogen and oxygen atoms in total. The minimum Gasteiger partial charge on any atom is -0.455 e. The van der Waals surface area contributed by atoms with Gasteiger partial charge in [-0.15, -0.1) is 0 Å². The Morgan fingerprint density at radius 3 is 1.56 bits per heavy atom. The van der Waals surface area contributed by atoms with Gasteiger partial charge in [-0.25, -0.2) is 15.0 Å². The van der Waals surface area contributed by atoms with E-state index in [4.69, 9.17) is 24.4 Å². The number of benzene rings is 9. The third kappa shape index (κ3) is 6.74. The zero-order valence-electron chi connectivity index (χ0n) is 36.7. The molecule has 68 heavy (non-hydrogen) atoms. The molecule has 0 aliphatic carbocycles. The fourth-order valence-electron chi connectivity index (χ4n) is 9.69. The van der Waals surface area contributed by atoms with Crippen LogP contribution in [0.25, 0.3) is 128 Å². The number of nitrogens with zero attached hydrogens (tertiary/aromatic N) is 5. The molecule has 0 N–H and O–H groups in total. The highest BCUT2D eigenvalue weighted by Gasteiger charge is 2.23. The summed E-state index contributed by atoms with van der Waals surface area (Å²) < 4.78 is 9.36. The summed E-state index contributed by atoms with van der Waals surface area (Å²) >= 11 is 0. The summed E-state index contributed by atoms with van der Waals surface area (Å²) in [6.07, 6.45) is 1.97. The average Bonchev–Trinajstić information content (AvgIpc) is 3.96. The highest BCUT2D eigenvalue weighted by atomic mass is 16.3. The van der Waals surface area contributed by atoms with E-state index in [0.29, 0.717) is 23.2 Å². The molecule has 0 aliphatic rings. The summed E-state index contributed by atoms with van der Waals surface area (Å²) in [6.45, 7) is 0. The van der Waals surface area contributed by atoms with E-state index in [1.54, 1.807) is 0 Å². The van der Waals surface area contributed by atoms with Gasteiger partial charge in [-0.1, -0.05) is 182 Å². The summed E-state index contributed by atoms with van der Waals surface area (Å²) in [7, 11) is 0. The summed E-state index contributed by atoms with van der Waals surface area (Å²) in [6, 6.07) is 80.1. The summed E-state index contributed by atoms with van der Waals surface area (Å²) in [4.78, 5) is 21.0. The maximum absolute atomic E-state index is 7.04. The van der Waals surface area contributed by atoms with Crippen molar-refractivity contribution in [2.75, 3.05) is 0 Å². The average molecular weight is 870 g/mol. The van der Waals surface area contributed by atoms with E-state index in [0.717, 1.165) is 99.7 Å². The van der Waals surface area contributed by atoms with Gasteiger partial charge in [0.25, 0.3) is 0 Å². The topological polar surface area (TPSA) is 69.6 Å². The molecule has 0 aliphatic heterocycles. The molecule has 318 valence electrons. The van der Waals surface area contributed by atoms with Crippen LogP contribution in [0, 0.1) is 0 Å². The maximum atomic E-state index is 7.04. The van der Waals surface area contributed by atoms with Gasteiger partial charge in [0.05, 0.1) is 16.7 Å². The predicted octanol–water partition coefficient (Wildman–Crippen LogP) is 15.9. The van der Waals surface area contributed by atoms with Crippen LogP contribution in [0.2, 0.25) is 0 Å². The van der Waals surface area contributed by atoms with Crippen LogP contribution in [-0.2, 0) is 0 Å². The van der Waals surface area contributed by atoms with Crippen molar-refractivity contribution in [1.29, 1.82) is 0 Å². The zero-order chi connectivity index (χ0) is 45.0. The lowest BCUT2D eigenvalue weighted by molar-refractivity contribution is 0.670. The van der Waals surface area contributed by atoms with Crippen LogP contribution >= 0.6 is 0 Å². The first kappa shape index (κ1) is 39.1. The molecule has 0 radical (unpaired) electrons. The summed E-state index contributed by atoms with van der Waals surface area (Å²) in [5.74, 6) is 1.65. The Balaban J connectivity index is 1.06. The predicted molar refractivity (Wildman–Crippen MR) is 277 cm³/mol. The molecule has 0 spiro atoms. The van der Waals surface area contributed by atoms with Gasteiger partial charge in [0, 0.05) is 67.3 Å². The van der Waals surface area contributed by atoms with Crippen molar-refractivity contribution in [2.45, 2.75) is 0 Å². The molecule has 0 saturated heterocycles. The lowest BCUT2D eigenvalue weighted by Gasteiger charge is -2.15. The number of aromatic nitrogens is 5. The van der Waals surface area contributed by atoms with E-state index in [2.05, 4.69) is 174 Å². The van der Waals surface area contributed by atoms with Crippen LogP contribution in [0.5, 0.6) is 0 Å². The molecule has 9 aromatic carbocycles. The van der Waals surface area contributed by atoms with E-state index in [9.17, 15) is 0 Å². The molecule has 13 aromatic rings. The van der Waals surface area contributed by atoms with Crippen molar-refractivity contribution in [3.05, 3.63) is 237 Å². The van der Waals surface area contributed by atoms with Crippen molar-refractivity contribution >= 4 is 43.7 Å². The Labute approximate surface area is 392 Å². The Morgan fingerprint density at radius 1 is 0.324 bits per heavy atom. The van der Waals surface area contributed by atoms with E-state index < -0.39 is 0 Å². The van der Waals surface area contributed by atoms with Crippen molar-refractivity contribution < 1.29 is 4.42 Å². The molecular weight excluding hydrogens is 831 g/mol. The van der Waals surface area contributed by atoms with Crippen molar-refractivity contribution in [2.24, 2.45) is 0 Å². The van der Waals surface area contributed by atoms with Crippen LogP contribution in [0.1, 0.15) is 0 Å². The van der Waals surface area contributed by atoms with Crippen LogP contribution in [0.3, 0.4) is 0 Å². The minimum atomic E-state index is 0.508. The number of rotatable bonds is 8. The van der Waals surface area contributed by atoms with Gasteiger partial charge < -0.3 is 8.98 Å². The highest BCUT2D eigenvalue weighted by molar-refractivity contribution is 6.19. The quantitative estimate of drug-likeness (QED) is 0.152. The molecule has 0 atom stereocenters. The standard InChI is InChI=1S/C62H39N5O/c1-6-19-40(20-7-1)47-34-33-44(35-51(47)41-21-8-2-9-22-41)45-36-54(62-65-60(42-23-10-3-11-24-42)64-61(66-62)43-25-12-4-13-26-43)58(63-39-45)50-31-18-30-49-53-37-52-48-29-16-17-32-55(48)67(46-27-14-5-15-28-46)56(52)38-57(53)68-59(49)50/h1-39H. The Bertz CT molecular complexity index is 3940. The summed E-state index contributed by atoms with van der Waals surface area (Å²) in [5, 5.41) is 4.38. The van der Waals surface area contributed by atoms with E-state index in [-0.39, 0.29) is 0 Å². The molecule has 4 heterocycles. The van der Waals surface area contributed by atoms with Crippen LogP contribution in [0.15, 0.2) is 241 Å².